The zero-order valence-electron chi connectivity index (χ0n) is 11.2. The third-order valence-electron chi connectivity index (χ3n) is 1.86. The van der Waals surface area contributed by atoms with Gasteiger partial charge in [-0.3, -0.25) is 9.59 Å². The molecule has 0 fully saturated rings. The first kappa shape index (κ1) is 16.1. The van der Waals surface area contributed by atoms with Crippen LogP contribution in [0, 0.1) is 0 Å². The Morgan fingerprint density at radius 1 is 1.11 bits per heavy atom. The van der Waals surface area contributed by atoms with Crippen LogP contribution in [0.4, 0.5) is 0 Å². The van der Waals surface area contributed by atoms with Crippen LogP contribution in [0.15, 0.2) is 5.16 Å². The van der Waals surface area contributed by atoms with Gasteiger partial charge in [0.25, 0.3) is 5.91 Å². The van der Waals surface area contributed by atoms with Crippen molar-refractivity contribution in [1.29, 1.82) is 0 Å². The second kappa shape index (κ2) is 7.41. The molecule has 0 heterocycles. The van der Waals surface area contributed by atoms with Crippen molar-refractivity contribution < 1.29 is 24.1 Å². The molecule has 7 nitrogen and oxygen atoms in total. The van der Waals surface area contributed by atoms with E-state index in [1.165, 1.54) is 20.8 Å². The zero-order chi connectivity index (χ0) is 14.3. The Bertz CT molecular complexity index is 364. The van der Waals surface area contributed by atoms with Gasteiger partial charge in [0, 0.05) is 27.2 Å². The van der Waals surface area contributed by atoms with Crippen molar-refractivity contribution in [1.82, 2.24) is 5.06 Å². The average molecular weight is 258 g/mol. The molecule has 0 aliphatic carbocycles. The summed E-state index contributed by atoms with van der Waals surface area (Å²) in [6.07, 6.45) is 0.320. The van der Waals surface area contributed by atoms with Gasteiger partial charge in [0.15, 0.2) is 0 Å². The molecule has 0 aliphatic rings. The standard InChI is InChI=1S/C11H18N2O5/c1-7(12-17-10(4)15)6-8(2)13(9(3)14)18-11(5)16/h8H,6H2,1-5H3/b12-7-. The summed E-state index contributed by atoms with van der Waals surface area (Å²) >= 11 is 0. The average Bonchev–Trinajstić information content (AvgIpc) is 2.22. The Hall–Kier alpha value is -1.92. The van der Waals surface area contributed by atoms with E-state index in [1.54, 1.807) is 13.8 Å². The van der Waals surface area contributed by atoms with Crippen molar-refractivity contribution in [3.63, 3.8) is 0 Å². The predicted molar refractivity (Wildman–Crippen MR) is 63.2 cm³/mol. The SMILES string of the molecule is CC(=O)O/N=C(/C)CC(C)N(OC(C)=O)C(C)=O. The van der Waals surface area contributed by atoms with Crippen LogP contribution in [0.1, 0.15) is 41.0 Å². The van der Waals surface area contributed by atoms with Crippen molar-refractivity contribution in [3.8, 4) is 0 Å². The van der Waals surface area contributed by atoms with Crippen molar-refractivity contribution in [2.45, 2.75) is 47.1 Å². The summed E-state index contributed by atoms with van der Waals surface area (Å²) in [7, 11) is 0. The number of amides is 1. The largest absolute Gasteiger partial charge is 0.338 e. The van der Waals surface area contributed by atoms with E-state index in [0.29, 0.717) is 12.1 Å². The van der Waals surface area contributed by atoms with E-state index >= 15 is 0 Å². The number of rotatable bonds is 4. The lowest BCUT2D eigenvalue weighted by molar-refractivity contribution is -0.202. The van der Waals surface area contributed by atoms with E-state index in [2.05, 4.69) is 9.99 Å². The summed E-state index contributed by atoms with van der Waals surface area (Å²) in [6.45, 7) is 7.07. The lowest BCUT2D eigenvalue weighted by Crippen LogP contribution is -2.39. The molecule has 1 atom stereocenters. The molecule has 7 heteroatoms. The highest BCUT2D eigenvalue weighted by atomic mass is 16.7. The molecule has 102 valence electrons. The van der Waals surface area contributed by atoms with E-state index in [0.717, 1.165) is 5.06 Å². The first-order valence-electron chi connectivity index (χ1n) is 5.43. The molecule has 18 heavy (non-hydrogen) atoms. The summed E-state index contributed by atoms with van der Waals surface area (Å²) in [5, 5.41) is 4.54. The minimum atomic E-state index is -0.577. The van der Waals surface area contributed by atoms with Gasteiger partial charge in [0.1, 0.15) is 0 Å². The summed E-state index contributed by atoms with van der Waals surface area (Å²) in [5.41, 5.74) is 0.510. The first-order chi connectivity index (χ1) is 8.23. The molecule has 0 saturated carbocycles. The Balaban J connectivity index is 4.55. The molecular formula is C11H18N2O5. The second-order valence-electron chi connectivity index (χ2n) is 3.89. The molecule has 1 unspecified atom stereocenters. The van der Waals surface area contributed by atoms with E-state index in [1.807, 2.05) is 0 Å². The van der Waals surface area contributed by atoms with E-state index in [4.69, 9.17) is 4.84 Å². The first-order valence-corrected chi connectivity index (χ1v) is 5.43. The fourth-order valence-corrected chi connectivity index (χ4v) is 1.29. The van der Waals surface area contributed by atoms with Gasteiger partial charge in [0.2, 0.25) is 0 Å². The van der Waals surface area contributed by atoms with Crippen LogP contribution in [0.25, 0.3) is 0 Å². The number of nitrogens with zero attached hydrogens (tertiary/aromatic N) is 2. The van der Waals surface area contributed by atoms with Crippen molar-refractivity contribution >= 4 is 23.6 Å². The minimum absolute atomic E-state index is 0.320. The summed E-state index contributed by atoms with van der Waals surface area (Å²) in [5.74, 6) is -1.49. The molecule has 0 aliphatic heterocycles. The minimum Gasteiger partial charge on any atom is -0.338 e. The lowest BCUT2D eigenvalue weighted by Gasteiger charge is -2.25. The van der Waals surface area contributed by atoms with E-state index < -0.39 is 23.9 Å². The highest BCUT2D eigenvalue weighted by Crippen LogP contribution is 2.07. The Morgan fingerprint density at radius 2 is 1.67 bits per heavy atom. The molecular weight excluding hydrogens is 240 g/mol. The van der Waals surface area contributed by atoms with Gasteiger partial charge < -0.3 is 9.68 Å². The quantitative estimate of drug-likeness (QED) is 0.427. The van der Waals surface area contributed by atoms with Crippen molar-refractivity contribution in [3.05, 3.63) is 0 Å². The van der Waals surface area contributed by atoms with Gasteiger partial charge in [-0.2, -0.15) is 5.06 Å². The van der Waals surface area contributed by atoms with Crippen LogP contribution in [0.3, 0.4) is 0 Å². The third kappa shape index (κ3) is 6.62. The zero-order valence-corrected chi connectivity index (χ0v) is 11.2. The smallest absolute Gasteiger partial charge is 0.331 e. The number of hydrogen-bond acceptors (Lipinski definition) is 6. The van der Waals surface area contributed by atoms with Crippen LogP contribution in [0.5, 0.6) is 0 Å². The molecule has 0 aromatic carbocycles. The maximum absolute atomic E-state index is 11.3. The summed E-state index contributed by atoms with van der Waals surface area (Å²) < 4.78 is 0. The predicted octanol–water partition coefficient (Wildman–Crippen LogP) is 1.03. The maximum Gasteiger partial charge on any atom is 0.331 e. The Morgan fingerprint density at radius 3 is 2.06 bits per heavy atom. The number of oxime groups is 1. The van der Waals surface area contributed by atoms with Gasteiger partial charge in [0.05, 0.1) is 11.8 Å². The van der Waals surface area contributed by atoms with Gasteiger partial charge in [-0.25, -0.2) is 4.79 Å². The van der Waals surface area contributed by atoms with E-state index in [9.17, 15) is 14.4 Å². The van der Waals surface area contributed by atoms with Gasteiger partial charge in [-0.15, -0.1) is 0 Å². The number of carbonyl (C=O) groups is 3. The number of hydroxylamine groups is 2. The second-order valence-corrected chi connectivity index (χ2v) is 3.89. The topological polar surface area (TPSA) is 85.3 Å². The normalized spacial score (nSPS) is 12.6. The molecule has 0 N–H and O–H groups in total. The van der Waals surface area contributed by atoms with E-state index in [-0.39, 0.29) is 0 Å². The van der Waals surface area contributed by atoms with Crippen LogP contribution >= 0.6 is 0 Å². The molecule has 0 bridgehead atoms. The van der Waals surface area contributed by atoms with Gasteiger partial charge in [-0.1, -0.05) is 5.16 Å². The van der Waals surface area contributed by atoms with Crippen LogP contribution in [-0.2, 0) is 24.1 Å². The monoisotopic (exact) mass is 258 g/mol. The molecule has 0 saturated heterocycles. The number of hydrogen-bond donors (Lipinski definition) is 0. The van der Waals surface area contributed by atoms with Crippen molar-refractivity contribution in [2.75, 3.05) is 0 Å². The fraction of sp³-hybridized carbons (Fsp3) is 0.636. The van der Waals surface area contributed by atoms with Crippen molar-refractivity contribution in [2.24, 2.45) is 5.16 Å². The molecule has 0 rings (SSSR count). The Labute approximate surface area is 106 Å². The Kier molecular flexibility index (Phi) is 6.62. The molecule has 0 spiro atoms. The molecule has 1 amide bonds. The summed E-state index contributed by atoms with van der Waals surface area (Å²) in [4.78, 5) is 41.9. The third-order valence-corrected chi connectivity index (χ3v) is 1.86. The summed E-state index contributed by atoms with van der Waals surface area (Å²) in [6, 6.07) is -0.397. The highest BCUT2D eigenvalue weighted by molar-refractivity contribution is 5.83. The highest BCUT2D eigenvalue weighted by Gasteiger charge is 2.21. The molecule has 0 aromatic rings. The van der Waals surface area contributed by atoms with Crippen LogP contribution in [0.2, 0.25) is 0 Å². The number of carbonyl (C=O) groups excluding carboxylic acids is 3. The lowest BCUT2D eigenvalue weighted by atomic mass is 10.1. The van der Waals surface area contributed by atoms with Crippen LogP contribution in [-0.4, -0.2) is 34.7 Å². The molecule has 0 aromatic heterocycles. The van der Waals surface area contributed by atoms with Crippen LogP contribution < -0.4 is 0 Å². The van der Waals surface area contributed by atoms with Gasteiger partial charge in [-0.05, 0) is 13.8 Å². The maximum atomic E-state index is 11.3. The van der Waals surface area contributed by atoms with Gasteiger partial charge >= 0.3 is 11.9 Å². The molecule has 0 radical (unpaired) electrons. The fourth-order valence-electron chi connectivity index (χ4n) is 1.29.